The smallest absolute Gasteiger partial charge is 0.295 e. The third-order valence-corrected chi connectivity index (χ3v) is 5.05. The molecule has 0 saturated carbocycles. The molecule has 0 spiro atoms. The van der Waals surface area contributed by atoms with Crippen LogP contribution in [-0.4, -0.2) is 30.1 Å². The van der Waals surface area contributed by atoms with E-state index in [2.05, 4.69) is 20.4 Å². The first-order valence-electron chi connectivity index (χ1n) is 8.05. The van der Waals surface area contributed by atoms with Crippen molar-refractivity contribution in [3.8, 4) is 0 Å². The molecule has 0 bridgehead atoms. The number of carbonyl (C=O) groups excluding carboxylic acids is 1. The molecule has 0 saturated heterocycles. The van der Waals surface area contributed by atoms with E-state index in [1.807, 2.05) is 42.7 Å². The predicted octanol–water partition coefficient (Wildman–Crippen LogP) is 2.32. The molecule has 132 valence electrons. The zero-order valence-corrected chi connectivity index (χ0v) is 15.2. The van der Waals surface area contributed by atoms with E-state index >= 15 is 0 Å². The van der Waals surface area contributed by atoms with E-state index in [4.69, 9.17) is 0 Å². The molecule has 1 aromatic carbocycles. The topological polar surface area (TPSA) is 94.2 Å². The number of hydrogen-bond acceptors (Lipinski definition) is 6. The summed E-state index contributed by atoms with van der Waals surface area (Å²) in [4.78, 5) is 33.3. The number of fused-ring (bicyclic) bond motifs is 2. The van der Waals surface area contributed by atoms with E-state index in [1.165, 1.54) is 15.9 Å². The molecule has 3 heterocycles. The lowest BCUT2D eigenvalue weighted by Crippen LogP contribution is -2.25. The van der Waals surface area contributed by atoms with Crippen molar-refractivity contribution in [3.05, 3.63) is 51.5 Å². The van der Waals surface area contributed by atoms with Crippen molar-refractivity contribution in [2.75, 3.05) is 5.32 Å². The molecular formula is C17H16N6O2S. The molecule has 4 aromatic rings. The molecular weight excluding hydrogens is 352 g/mol. The van der Waals surface area contributed by atoms with Crippen LogP contribution in [0.1, 0.15) is 24.5 Å². The van der Waals surface area contributed by atoms with E-state index in [1.54, 1.807) is 12.3 Å². The quantitative estimate of drug-likeness (QED) is 0.599. The fraction of sp³-hybridized carbons (Fsp3) is 0.235. The Morgan fingerprint density at radius 2 is 2.00 bits per heavy atom. The number of amides is 1. The third-order valence-electron chi connectivity index (χ3n) is 4.23. The summed E-state index contributed by atoms with van der Waals surface area (Å²) in [7, 11) is 0. The number of rotatable bonds is 3. The van der Waals surface area contributed by atoms with Crippen LogP contribution in [0.5, 0.6) is 0 Å². The first kappa shape index (κ1) is 16.4. The average molecular weight is 368 g/mol. The minimum Gasteiger partial charge on any atom is -0.316 e. The molecule has 0 aliphatic heterocycles. The van der Waals surface area contributed by atoms with Gasteiger partial charge in [-0.25, -0.2) is 4.98 Å². The van der Waals surface area contributed by atoms with Crippen LogP contribution in [0.2, 0.25) is 0 Å². The van der Waals surface area contributed by atoms with Gasteiger partial charge in [-0.2, -0.15) is 14.6 Å². The Hall–Kier alpha value is -3.07. The number of hydrogen-bond donors (Lipinski definition) is 1. The highest BCUT2D eigenvalue weighted by Crippen LogP contribution is 2.23. The van der Waals surface area contributed by atoms with Gasteiger partial charge >= 0.3 is 0 Å². The average Bonchev–Trinajstić information content (AvgIpc) is 3.15. The number of nitrogens with zero attached hydrogens (tertiary/aromatic N) is 5. The van der Waals surface area contributed by atoms with Crippen LogP contribution in [0, 0.1) is 13.8 Å². The summed E-state index contributed by atoms with van der Waals surface area (Å²) >= 11 is 1.25. The third kappa shape index (κ3) is 2.57. The molecule has 1 unspecified atom stereocenters. The SMILES string of the molecule is Cc1nn2c(NC(=O)C(C)n3c(C)nc4ccccc43)csc2nc1=O. The Labute approximate surface area is 152 Å². The van der Waals surface area contributed by atoms with E-state index in [0.717, 1.165) is 16.9 Å². The molecule has 3 aromatic heterocycles. The number of para-hydroxylation sites is 2. The van der Waals surface area contributed by atoms with Gasteiger partial charge in [0.05, 0.1) is 11.0 Å². The monoisotopic (exact) mass is 368 g/mol. The Bertz CT molecular complexity index is 1210. The summed E-state index contributed by atoms with van der Waals surface area (Å²) < 4.78 is 3.38. The van der Waals surface area contributed by atoms with Crippen molar-refractivity contribution in [1.29, 1.82) is 0 Å². The number of anilines is 1. The first-order chi connectivity index (χ1) is 12.5. The summed E-state index contributed by atoms with van der Waals surface area (Å²) in [5, 5.41) is 8.79. The Morgan fingerprint density at radius 1 is 1.23 bits per heavy atom. The van der Waals surface area contributed by atoms with E-state index in [-0.39, 0.29) is 17.2 Å². The number of imidazole rings is 1. The van der Waals surface area contributed by atoms with E-state index in [9.17, 15) is 9.59 Å². The van der Waals surface area contributed by atoms with Gasteiger partial charge in [0.25, 0.3) is 5.56 Å². The summed E-state index contributed by atoms with van der Waals surface area (Å²) in [6.07, 6.45) is 0. The van der Waals surface area contributed by atoms with Gasteiger partial charge in [-0.3, -0.25) is 9.59 Å². The van der Waals surface area contributed by atoms with Crippen LogP contribution in [0.4, 0.5) is 5.82 Å². The number of aromatic nitrogens is 5. The molecule has 1 N–H and O–H groups in total. The highest BCUT2D eigenvalue weighted by Gasteiger charge is 2.21. The molecule has 26 heavy (non-hydrogen) atoms. The fourth-order valence-corrected chi connectivity index (χ4v) is 3.68. The molecule has 0 aliphatic carbocycles. The lowest BCUT2D eigenvalue weighted by Gasteiger charge is -2.16. The largest absolute Gasteiger partial charge is 0.316 e. The van der Waals surface area contributed by atoms with Gasteiger partial charge < -0.3 is 9.88 Å². The first-order valence-corrected chi connectivity index (χ1v) is 8.93. The second-order valence-electron chi connectivity index (χ2n) is 6.00. The van der Waals surface area contributed by atoms with Crippen LogP contribution in [0.15, 0.2) is 34.4 Å². The number of benzene rings is 1. The van der Waals surface area contributed by atoms with Crippen LogP contribution in [0.3, 0.4) is 0 Å². The van der Waals surface area contributed by atoms with Gasteiger partial charge in [0.1, 0.15) is 23.4 Å². The van der Waals surface area contributed by atoms with Gasteiger partial charge in [-0.15, -0.1) is 11.3 Å². The van der Waals surface area contributed by atoms with Crippen molar-refractivity contribution < 1.29 is 4.79 Å². The molecule has 9 heteroatoms. The molecule has 8 nitrogen and oxygen atoms in total. The summed E-state index contributed by atoms with van der Waals surface area (Å²) in [6, 6.07) is 7.24. The zero-order chi connectivity index (χ0) is 18.4. The predicted molar refractivity (Wildman–Crippen MR) is 99.7 cm³/mol. The minimum atomic E-state index is -0.467. The van der Waals surface area contributed by atoms with Crippen molar-refractivity contribution in [2.45, 2.75) is 26.8 Å². The van der Waals surface area contributed by atoms with E-state index in [0.29, 0.717) is 10.8 Å². The lowest BCUT2D eigenvalue weighted by molar-refractivity contribution is -0.118. The second-order valence-corrected chi connectivity index (χ2v) is 6.84. The molecule has 1 amide bonds. The molecule has 0 radical (unpaired) electrons. The maximum absolute atomic E-state index is 12.8. The number of nitrogens with one attached hydrogen (secondary N) is 1. The fourth-order valence-electron chi connectivity index (χ4n) is 2.93. The minimum absolute atomic E-state index is 0.200. The number of aryl methyl sites for hydroxylation is 2. The van der Waals surface area contributed by atoms with Gasteiger partial charge in [-0.1, -0.05) is 12.1 Å². The molecule has 0 aliphatic rings. The summed E-state index contributed by atoms with van der Waals surface area (Å²) in [5.41, 5.74) is 1.67. The van der Waals surface area contributed by atoms with Crippen LogP contribution in [0.25, 0.3) is 16.0 Å². The highest BCUT2D eigenvalue weighted by atomic mass is 32.1. The maximum Gasteiger partial charge on any atom is 0.295 e. The van der Waals surface area contributed by atoms with Crippen molar-refractivity contribution in [1.82, 2.24) is 24.1 Å². The highest BCUT2D eigenvalue weighted by molar-refractivity contribution is 7.15. The second kappa shape index (κ2) is 6.03. The number of carbonyl (C=O) groups is 1. The molecule has 4 rings (SSSR count). The van der Waals surface area contributed by atoms with Crippen LogP contribution >= 0.6 is 11.3 Å². The van der Waals surface area contributed by atoms with Crippen molar-refractivity contribution in [2.24, 2.45) is 0 Å². The molecule has 1 atom stereocenters. The lowest BCUT2D eigenvalue weighted by atomic mass is 10.2. The van der Waals surface area contributed by atoms with Crippen molar-refractivity contribution >= 4 is 39.1 Å². The van der Waals surface area contributed by atoms with Gasteiger partial charge in [0.15, 0.2) is 0 Å². The summed E-state index contributed by atoms with van der Waals surface area (Å²) in [5.74, 6) is 1.05. The normalized spacial score (nSPS) is 12.6. The Kier molecular flexibility index (Phi) is 3.80. The van der Waals surface area contributed by atoms with Crippen molar-refractivity contribution in [3.63, 3.8) is 0 Å². The number of thiazole rings is 1. The van der Waals surface area contributed by atoms with Gasteiger partial charge in [-0.05, 0) is 32.9 Å². The maximum atomic E-state index is 12.8. The zero-order valence-electron chi connectivity index (χ0n) is 14.4. The Balaban J connectivity index is 1.69. The molecule has 0 fully saturated rings. The standard InChI is InChI=1S/C17H16N6O2S/c1-9-15(24)20-17-23(21-9)14(8-26-17)19-16(25)10(2)22-11(3)18-12-6-4-5-7-13(12)22/h4-8,10H,1-3H3,(H,19,25). The van der Waals surface area contributed by atoms with Crippen LogP contribution in [-0.2, 0) is 4.79 Å². The van der Waals surface area contributed by atoms with E-state index < -0.39 is 6.04 Å². The van der Waals surface area contributed by atoms with Crippen LogP contribution < -0.4 is 10.9 Å². The summed E-state index contributed by atoms with van der Waals surface area (Å²) in [6.45, 7) is 5.29. The van der Waals surface area contributed by atoms with Gasteiger partial charge in [0.2, 0.25) is 10.9 Å². The van der Waals surface area contributed by atoms with Gasteiger partial charge in [0, 0.05) is 5.38 Å². The Morgan fingerprint density at radius 3 is 2.81 bits per heavy atom.